The van der Waals surface area contributed by atoms with Gasteiger partial charge in [-0.1, -0.05) is 25.7 Å². The summed E-state index contributed by atoms with van der Waals surface area (Å²) in [4.78, 5) is 15.7. The summed E-state index contributed by atoms with van der Waals surface area (Å²) in [5.41, 5.74) is 3.36. The number of hydrogen-bond acceptors (Lipinski definition) is 5. The minimum atomic E-state index is -0.725. The Labute approximate surface area is 190 Å². The number of carboxylic acid groups (broad SMARTS) is 1. The SMILES string of the molecule is C=C(CC)OC(=NCCCOC1C=C2CC[C@@H](CC(=O)O)C2=CC1)c1ccc(OC)cc1. The Kier molecular flexibility index (Phi) is 8.68. The third-order valence-corrected chi connectivity index (χ3v) is 5.81. The Morgan fingerprint density at radius 2 is 2.06 bits per heavy atom. The highest BCUT2D eigenvalue weighted by atomic mass is 16.5. The van der Waals surface area contributed by atoms with Crippen LogP contribution in [0.3, 0.4) is 0 Å². The first kappa shape index (κ1) is 23.8. The molecule has 0 aromatic heterocycles. The number of methoxy groups -OCH3 is 1. The highest BCUT2D eigenvalue weighted by molar-refractivity contribution is 5.94. The smallest absolute Gasteiger partial charge is 0.303 e. The van der Waals surface area contributed by atoms with Crippen LogP contribution in [-0.4, -0.2) is 43.3 Å². The standard InChI is InChI=1S/C26H33NO5/c1-4-18(2)32-26(19-8-10-22(30-3)11-9-19)27-14-5-15-31-23-12-13-24-20(16-23)6-7-21(24)17-25(28)29/h8-11,13,16,21,23H,2,4-7,12,14-15,17H2,1,3H3,(H,28,29)/t21-,23?/m0/s1. The summed E-state index contributed by atoms with van der Waals surface area (Å²) >= 11 is 0. The van der Waals surface area contributed by atoms with Crippen molar-refractivity contribution in [3.8, 4) is 5.75 Å². The predicted octanol–water partition coefficient (Wildman–Crippen LogP) is 5.30. The fourth-order valence-corrected chi connectivity index (χ4v) is 4.05. The molecule has 3 rings (SSSR count). The molecule has 0 aliphatic heterocycles. The second kappa shape index (κ2) is 11.7. The Hall–Kier alpha value is -2.86. The number of rotatable bonds is 11. The number of aliphatic imine (C=N–C) groups is 1. The molecule has 32 heavy (non-hydrogen) atoms. The summed E-state index contributed by atoms with van der Waals surface area (Å²) in [7, 11) is 1.64. The van der Waals surface area contributed by atoms with Gasteiger partial charge >= 0.3 is 5.97 Å². The maximum Gasteiger partial charge on any atom is 0.303 e. The zero-order valence-corrected chi connectivity index (χ0v) is 19.0. The molecule has 1 aromatic carbocycles. The van der Waals surface area contributed by atoms with Gasteiger partial charge in [-0.15, -0.1) is 0 Å². The van der Waals surface area contributed by atoms with Gasteiger partial charge in [0, 0.05) is 25.1 Å². The van der Waals surface area contributed by atoms with Gasteiger partial charge in [0.1, 0.15) is 5.75 Å². The van der Waals surface area contributed by atoms with E-state index in [0.29, 0.717) is 24.8 Å². The molecule has 0 bridgehead atoms. The Morgan fingerprint density at radius 3 is 2.75 bits per heavy atom. The van der Waals surface area contributed by atoms with Crippen LogP contribution in [0.2, 0.25) is 0 Å². The molecule has 2 atom stereocenters. The van der Waals surface area contributed by atoms with E-state index in [2.05, 4.69) is 23.7 Å². The van der Waals surface area contributed by atoms with E-state index in [-0.39, 0.29) is 18.4 Å². The van der Waals surface area contributed by atoms with Gasteiger partial charge in [0.15, 0.2) is 0 Å². The second-order valence-electron chi connectivity index (χ2n) is 8.09. The van der Waals surface area contributed by atoms with Crippen LogP contribution in [0.4, 0.5) is 0 Å². The normalized spacial score (nSPS) is 20.2. The predicted molar refractivity (Wildman–Crippen MR) is 125 cm³/mol. The van der Waals surface area contributed by atoms with Crippen LogP contribution in [-0.2, 0) is 14.3 Å². The lowest BCUT2D eigenvalue weighted by atomic mass is 9.92. The molecule has 6 heteroatoms. The molecule has 0 radical (unpaired) electrons. The van der Waals surface area contributed by atoms with Crippen molar-refractivity contribution in [1.82, 2.24) is 0 Å². The fourth-order valence-electron chi connectivity index (χ4n) is 4.05. The van der Waals surface area contributed by atoms with E-state index in [1.807, 2.05) is 31.2 Å². The highest BCUT2D eigenvalue weighted by Gasteiger charge is 2.30. The van der Waals surface area contributed by atoms with Gasteiger partial charge in [0.05, 0.1) is 25.4 Å². The van der Waals surface area contributed by atoms with Gasteiger partial charge in [-0.2, -0.15) is 0 Å². The summed E-state index contributed by atoms with van der Waals surface area (Å²) in [6.45, 7) is 7.11. The number of ether oxygens (including phenoxy) is 3. The maximum atomic E-state index is 11.0. The van der Waals surface area contributed by atoms with Crippen LogP contribution in [0.5, 0.6) is 5.75 Å². The van der Waals surface area contributed by atoms with Gasteiger partial charge in [0.25, 0.3) is 0 Å². The van der Waals surface area contributed by atoms with Crippen molar-refractivity contribution in [3.05, 3.63) is 65.5 Å². The molecule has 0 spiro atoms. The van der Waals surface area contributed by atoms with E-state index in [9.17, 15) is 4.79 Å². The summed E-state index contributed by atoms with van der Waals surface area (Å²) in [6.07, 6.45) is 8.78. The number of benzene rings is 1. The molecule has 172 valence electrons. The van der Waals surface area contributed by atoms with Crippen molar-refractivity contribution in [2.75, 3.05) is 20.3 Å². The van der Waals surface area contributed by atoms with Gasteiger partial charge in [-0.05, 0) is 67.0 Å². The summed E-state index contributed by atoms with van der Waals surface area (Å²) in [5, 5.41) is 9.08. The minimum absolute atomic E-state index is 0.0542. The molecule has 1 unspecified atom stereocenters. The molecule has 1 N–H and O–H groups in total. The number of aliphatic carboxylic acids is 1. The first-order chi connectivity index (χ1) is 15.5. The first-order valence-corrected chi connectivity index (χ1v) is 11.3. The molecular weight excluding hydrogens is 406 g/mol. The lowest BCUT2D eigenvalue weighted by Gasteiger charge is -2.20. The molecule has 1 saturated carbocycles. The molecule has 1 aromatic rings. The number of hydrogen-bond donors (Lipinski definition) is 1. The van der Waals surface area contributed by atoms with Crippen LogP contribution >= 0.6 is 0 Å². The molecular formula is C26H33NO5. The second-order valence-corrected chi connectivity index (χ2v) is 8.09. The average molecular weight is 440 g/mol. The number of nitrogens with zero attached hydrogens (tertiary/aromatic N) is 1. The summed E-state index contributed by atoms with van der Waals surface area (Å²) in [5.74, 6) is 1.44. The molecule has 6 nitrogen and oxygen atoms in total. The molecule has 0 heterocycles. The van der Waals surface area contributed by atoms with Gasteiger partial charge < -0.3 is 19.3 Å². The van der Waals surface area contributed by atoms with Gasteiger partial charge in [-0.3, -0.25) is 9.79 Å². The Bertz CT molecular complexity index is 897. The van der Waals surface area contributed by atoms with Crippen molar-refractivity contribution >= 4 is 11.9 Å². The molecule has 2 aliphatic carbocycles. The largest absolute Gasteiger partial charge is 0.497 e. The zero-order chi connectivity index (χ0) is 22.9. The average Bonchev–Trinajstić information content (AvgIpc) is 3.19. The van der Waals surface area contributed by atoms with Crippen molar-refractivity contribution in [3.63, 3.8) is 0 Å². The quantitative estimate of drug-likeness (QED) is 0.219. The minimum Gasteiger partial charge on any atom is -0.497 e. The van der Waals surface area contributed by atoms with Crippen molar-refractivity contribution in [2.24, 2.45) is 10.9 Å². The molecule has 2 aliphatic rings. The monoisotopic (exact) mass is 439 g/mol. The summed E-state index contributed by atoms with van der Waals surface area (Å²) < 4.78 is 17.1. The molecule has 1 fully saturated rings. The van der Waals surface area contributed by atoms with Crippen molar-refractivity contribution in [2.45, 2.75) is 51.6 Å². The number of fused-ring (bicyclic) bond motifs is 1. The number of carbonyl (C=O) groups is 1. The van der Waals surface area contributed by atoms with E-state index < -0.39 is 5.97 Å². The third kappa shape index (κ3) is 6.57. The van der Waals surface area contributed by atoms with E-state index >= 15 is 0 Å². The maximum absolute atomic E-state index is 11.0. The Balaban J connectivity index is 1.49. The van der Waals surface area contributed by atoms with E-state index in [1.165, 1.54) is 11.1 Å². The van der Waals surface area contributed by atoms with Crippen LogP contribution < -0.4 is 4.74 Å². The third-order valence-electron chi connectivity index (χ3n) is 5.81. The lowest BCUT2D eigenvalue weighted by molar-refractivity contribution is -0.137. The van der Waals surface area contributed by atoms with E-state index in [1.54, 1.807) is 7.11 Å². The Morgan fingerprint density at radius 1 is 1.28 bits per heavy atom. The van der Waals surface area contributed by atoms with Crippen molar-refractivity contribution in [1.29, 1.82) is 0 Å². The van der Waals surface area contributed by atoms with Crippen molar-refractivity contribution < 1.29 is 24.1 Å². The lowest BCUT2D eigenvalue weighted by Crippen LogP contribution is -2.16. The highest BCUT2D eigenvalue weighted by Crippen LogP contribution is 2.41. The van der Waals surface area contributed by atoms with Gasteiger partial charge in [-0.25, -0.2) is 0 Å². The first-order valence-electron chi connectivity index (χ1n) is 11.3. The van der Waals surface area contributed by atoms with E-state index in [4.69, 9.17) is 19.3 Å². The topological polar surface area (TPSA) is 77.4 Å². The van der Waals surface area contributed by atoms with Crippen LogP contribution in [0, 0.1) is 5.92 Å². The molecule has 0 amide bonds. The van der Waals surface area contributed by atoms with E-state index in [0.717, 1.165) is 43.4 Å². The number of carboxylic acids is 1. The fraction of sp³-hybridized carbons (Fsp3) is 0.462. The number of allylic oxidation sites excluding steroid dienone is 3. The van der Waals surface area contributed by atoms with Crippen LogP contribution in [0.1, 0.15) is 51.0 Å². The van der Waals surface area contributed by atoms with Crippen LogP contribution in [0.15, 0.2) is 64.9 Å². The van der Waals surface area contributed by atoms with Crippen LogP contribution in [0.25, 0.3) is 0 Å². The summed E-state index contributed by atoms with van der Waals surface area (Å²) in [6, 6.07) is 7.62. The molecule has 0 saturated heterocycles. The zero-order valence-electron chi connectivity index (χ0n) is 19.0. The van der Waals surface area contributed by atoms with Gasteiger partial charge in [0.2, 0.25) is 5.90 Å².